The molecule has 36 heavy (non-hydrogen) atoms. The molecule has 0 saturated carbocycles. The van der Waals surface area contributed by atoms with Gasteiger partial charge in [-0.25, -0.2) is 14.5 Å². The molecule has 0 heterocycles. The lowest BCUT2D eigenvalue weighted by molar-refractivity contribution is -0.0391. The standard InChI is InChI=1S/C9H26N2O19P6/c1-3-9(4-2,5(12)10-6(31(13,14)15)32(16,17)18)11(7(33(19,20)21)34(22,23)24)8(35(25,26)27)36(28,29)30/h5,7-8,12-15H,3-4H2,1-2H3,(H9-,16,17,18,19,20,21,22,23,24,25,26,27,28,29,30)/p+1. The van der Waals surface area contributed by atoms with Crippen LogP contribution in [-0.4, -0.2) is 102 Å². The van der Waals surface area contributed by atoms with Gasteiger partial charge in [0.25, 0.3) is 0 Å². The van der Waals surface area contributed by atoms with E-state index in [2.05, 4.69) is 4.99 Å². The van der Waals surface area contributed by atoms with Crippen LogP contribution in [0.5, 0.6) is 0 Å². The minimum atomic E-state index is -6.39. The molecule has 0 aromatic rings. The quantitative estimate of drug-likeness (QED) is 0.0735. The van der Waals surface area contributed by atoms with Crippen molar-refractivity contribution in [2.24, 2.45) is 4.99 Å². The maximum atomic E-state index is 12.1. The van der Waals surface area contributed by atoms with Gasteiger partial charge in [-0.3, -0.25) is 18.3 Å². The number of aliphatic hydroxyl groups excluding tert-OH is 1. The van der Waals surface area contributed by atoms with E-state index in [1.54, 1.807) is 0 Å². The summed E-state index contributed by atoms with van der Waals surface area (Å²) in [7, 11) is -37.3. The van der Waals surface area contributed by atoms with Gasteiger partial charge in [0.05, 0.1) is 5.54 Å². The molecular weight excluding hydrogens is 626 g/mol. The average molecular weight is 653 g/mol. The lowest BCUT2D eigenvalue weighted by atomic mass is 9.89. The predicted molar refractivity (Wildman–Crippen MR) is 120 cm³/mol. The highest BCUT2D eigenvalue weighted by Crippen LogP contribution is 2.71. The van der Waals surface area contributed by atoms with Crippen molar-refractivity contribution in [2.75, 3.05) is 0 Å². The SMILES string of the molecule is CCC(CC)(C(O)N=C(P(=O)(O)O)[P+](O)(O)O)N(C(P(=O)(O)O)P(=O)(O)O)C(P(=O)(O)O)P(=O)(O)O. The Balaban J connectivity index is 8.05. The third-order valence-corrected chi connectivity index (χ3v) is 14.6. The number of hydrogen-bond acceptors (Lipinski definition) is 11. The molecule has 0 radical (unpaired) electrons. The summed E-state index contributed by atoms with van der Waals surface area (Å²) in [6.07, 6.45) is -5.19. The summed E-state index contributed by atoms with van der Waals surface area (Å²) in [4.78, 5) is 126. The Morgan fingerprint density at radius 1 is 0.722 bits per heavy atom. The van der Waals surface area contributed by atoms with Gasteiger partial charge in [0.15, 0.2) is 6.23 Å². The first-order chi connectivity index (χ1) is 15.5. The van der Waals surface area contributed by atoms with Crippen LogP contribution < -0.4 is 0 Å². The van der Waals surface area contributed by atoms with Gasteiger partial charge in [-0.15, -0.1) is 0 Å². The van der Waals surface area contributed by atoms with Crippen LogP contribution in [0.2, 0.25) is 0 Å². The summed E-state index contributed by atoms with van der Waals surface area (Å²) in [6, 6.07) is 0. The molecule has 0 aromatic carbocycles. The van der Waals surface area contributed by atoms with Crippen molar-refractivity contribution in [2.45, 2.75) is 49.5 Å². The van der Waals surface area contributed by atoms with Crippen molar-refractivity contribution in [3.8, 4) is 0 Å². The molecule has 0 aliphatic heterocycles. The van der Waals surface area contributed by atoms with Crippen LogP contribution in [0.1, 0.15) is 26.7 Å². The molecule has 216 valence electrons. The first kappa shape index (κ1) is 36.6. The smallest absolute Gasteiger partial charge is 0.370 e. The summed E-state index contributed by atoms with van der Waals surface area (Å²) >= 11 is 0. The highest BCUT2D eigenvalue weighted by Gasteiger charge is 2.65. The van der Waals surface area contributed by atoms with Crippen LogP contribution in [0, 0.1) is 0 Å². The Labute approximate surface area is 202 Å². The Kier molecular flexibility index (Phi) is 11.8. The third-order valence-electron chi connectivity index (χ3n) is 4.69. The lowest BCUT2D eigenvalue weighted by Gasteiger charge is -2.50. The molecule has 0 aliphatic rings. The zero-order chi connectivity index (χ0) is 29.5. The minimum absolute atomic E-state index is 0.756. The first-order valence-corrected chi connectivity index (χ1v) is 18.9. The second kappa shape index (κ2) is 11.6. The van der Waals surface area contributed by atoms with Crippen molar-refractivity contribution in [1.29, 1.82) is 0 Å². The van der Waals surface area contributed by atoms with Crippen LogP contribution in [0.15, 0.2) is 4.99 Å². The van der Waals surface area contributed by atoms with E-state index in [1.807, 2.05) is 0 Å². The fourth-order valence-corrected chi connectivity index (χ4v) is 11.5. The Morgan fingerprint density at radius 3 is 1.17 bits per heavy atom. The summed E-state index contributed by atoms with van der Waals surface area (Å²) in [6.45, 7) is 1.75. The molecule has 0 amide bonds. The van der Waals surface area contributed by atoms with Crippen LogP contribution in [0.3, 0.4) is 0 Å². The molecule has 0 spiro atoms. The summed E-state index contributed by atoms with van der Waals surface area (Å²) in [5, 5.41) is 8.44. The second-order valence-electron chi connectivity index (χ2n) is 7.18. The van der Waals surface area contributed by atoms with Gasteiger partial charge in [0, 0.05) is 0 Å². The molecule has 27 heteroatoms. The zero-order valence-electron chi connectivity index (χ0n) is 18.0. The van der Waals surface area contributed by atoms with Crippen LogP contribution in [0.25, 0.3) is 0 Å². The second-order valence-corrected chi connectivity index (χ2v) is 18.1. The number of aliphatic hydroxyl groups is 1. The van der Waals surface area contributed by atoms with Gasteiger partial charge in [0.2, 0.25) is 11.0 Å². The maximum absolute atomic E-state index is 12.1. The fraction of sp³-hybridized carbons (Fsp3) is 0.889. The highest BCUT2D eigenvalue weighted by atomic mass is 31.3. The molecule has 0 aromatic heterocycles. The van der Waals surface area contributed by atoms with Gasteiger partial charge in [-0.05, 0) is 12.8 Å². The van der Waals surface area contributed by atoms with E-state index < -0.39 is 91.7 Å². The molecular formula is C9H27N2O19P6+. The van der Waals surface area contributed by atoms with Crippen LogP contribution >= 0.6 is 45.9 Å². The maximum Gasteiger partial charge on any atom is 0.469 e. The number of hydrogen-bond donors (Lipinski definition) is 14. The molecule has 0 fully saturated rings. The molecule has 0 rings (SSSR count). The molecule has 1 unspecified atom stereocenters. The van der Waals surface area contributed by atoms with Crippen molar-refractivity contribution >= 4 is 51.1 Å². The van der Waals surface area contributed by atoms with Crippen LogP contribution in [0.4, 0.5) is 0 Å². The molecule has 14 N–H and O–H groups in total. The van der Waals surface area contributed by atoms with Crippen molar-refractivity contribution in [3.05, 3.63) is 0 Å². The van der Waals surface area contributed by atoms with E-state index in [9.17, 15) is 91.5 Å². The topological polar surface area (TPSA) is 384 Å². The lowest BCUT2D eigenvalue weighted by Crippen LogP contribution is -2.62. The summed E-state index contributed by atoms with van der Waals surface area (Å²) in [5.74, 6) is 0. The minimum Gasteiger partial charge on any atom is -0.370 e. The van der Waals surface area contributed by atoms with E-state index in [0.717, 1.165) is 13.8 Å². The van der Waals surface area contributed by atoms with E-state index in [-0.39, 0.29) is 0 Å². The van der Waals surface area contributed by atoms with Gasteiger partial charge in [-0.1, -0.05) is 13.8 Å². The summed E-state index contributed by atoms with van der Waals surface area (Å²) < 4.78 is 60.1. The molecule has 21 nitrogen and oxygen atoms in total. The molecule has 1 atom stereocenters. The van der Waals surface area contributed by atoms with Gasteiger partial charge >= 0.3 is 51.1 Å². The molecule has 0 bridgehead atoms. The number of nitrogens with zero attached hydrogens (tertiary/aromatic N) is 2. The predicted octanol–water partition coefficient (Wildman–Crippen LogP) is -2.28. The van der Waals surface area contributed by atoms with Crippen molar-refractivity contribution < 1.29 is 91.5 Å². The van der Waals surface area contributed by atoms with Gasteiger partial charge < -0.3 is 54.0 Å². The van der Waals surface area contributed by atoms with E-state index in [0.29, 0.717) is 0 Å². The zero-order valence-corrected chi connectivity index (χ0v) is 23.4. The van der Waals surface area contributed by atoms with Gasteiger partial charge in [0.1, 0.15) is 0 Å². The van der Waals surface area contributed by atoms with E-state index >= 15 is 0 Å². The number of aliphatic imine (C=N–C) groups is 1. The normalized spacial score (nSPS) is 16.8. The Bertz CT molecular complexity index is 960. The van der Waals surface area contributed by atoms with Crippen LogP contribution in [-0.2, 0) is 22.8 Å². The number of rotatable bonds is 13. The first-order valence-electron chi connectivity index (χ1n) is 8.88. The van der Waals surface area contributed by atoms with E-state index in [1.165, 1.54) is 0 Å². The Hall–Kier alpha value is 0.650. The fourth-order valence-electron chi connectivity index (χ4n) is 3.29. The van der Waals surface area contributed by atoms with Gasteiger partial charge in [-0.2, -0.15) is 14.7 Å². The van der Waals surface area contributed by atoms with Crippen molar-refractivity contribution in [3.63, 3.8) is 0 Å². The third kappa shape index (κ3) is 8.83. The largest absolute Gasteiger partial charge is 0.469 e. The molecule has 0 aliphatic carbocycles. The highest BCUT2D eigenvalue weighted by molar-refractivity contribution is 8.00. The molecule has 0 saturated heterocycles. The monoisotopic (exact) mass is 653 g/mol. The average Bonchev–Trinajstić information content (AvgIpc) is 2.54. The van der Waals surface area contributed by atoms with E-state index in [4.69, 9.17) is 0 Å². The summed E-state index contributed by atoms with van der Waals surface area (Å²) in [5.41, 5.74) is -10.7. The van der Waals surface area contributed by atoms with Crippen molar-refractivity contribution in [1.82, 2.24) is 4.90 Å². The Morgan fingerprint density at radius 2 is 1.00 bits per heavy atom.